The Kier molecular flexibility index (Phi) is 3.78. The van der Waals surface area contributed by atoms with Crippen molar-refractivity contribution in [3.05, 3.63) is 17.8 Å². The van der Waals surface area contributed by atoms with E-state index >= 15 is 0 Å². The van der Waals surface area contributed by atoms with Gasteiger partial charge in [0, 0.05) is 44.6 Å². The van der Waals surface area contributed by atoms with Crippen molar-refractivity contribution in [2.24, 2.45) is 5.92 Å². The summed E-state index contributed by atoms with van der Waals surface area (Å²) in [6.07, 6.45) is 3.73. The first-order chi connectivity index (χ1) is 9.65. The number of carbonyl (C=O) groups is 1. The average Bonchev–Trinajstić information content (AvgIpc) is 3.19. The molecule has 2 fully saturated rings. The van der Waals surface area contributed by atoms with Crippen LogP contribution in [0.5, 0.6) is 0 Å². The summed E-state index contributed by atoms with van der Waals surface area (Å²) < 4.78 is 5.46. The standard InChI is InChI=1S/C15H23N3O2/c1-11(2)14-13(16-10-20-14)9-17-5-7-18(8-6-17)15(19)12-3-4-12/h10-12H,3-9H2,1-2H3. The summed E-state index contributed by atoms with van der Waals surface area (Å²) in [5.74, 6) is 2.06. The predicted molar refractivity (Wildman–Crippen MR) is 75.2 cm³/mol. The maximum atomic E-state index is 12.0. The predicted octanol–water partition coefficient (Wildman–Crippen LogP) is 1.85. The third kappa shape index (κ3) is 2.87. The fourth-order valence-corrected chi connectivity index (χ4v) is 2.79. The second-order valence-corrected chi connectivity index (χ2v) is 6.19. The lowest BCUT2D eigenvalue weighted by molar-refractivity contribution is -0.134. The first-order valence-electron chi connectivity index (χ1n) is 7.58. The minimum Gasteiger partial charge on any atom is -0.448 e. The number of piperazine rings is 1. The molecule has 0 atom stereocenters. The van der Waals surface area contributed by atoms with E-state index in [-0.39, 0.29) is 0 Å². The van der Waals surface area contributed by atoms with E-state index in [1.54, 1.807) is 0 Å². The summed E-state index contributed by atoms with van der Waals surface area (Å²) in [5, 5.41) is 0. The first kappa shape index (κ1) is 13.6. The molecule has 5 nitrogen and oxygen atoms in total. The summed E-state index contributed by atoms with van der Waals surface area (Å²) in [4.78, 5) is 20.7. The molecule has 2 heterocycles. The number of oxazole rings is 1. The fourth-order valence-electron chi connectivity index (χ4n) is 2.79. The van der Waals surface area contributed by atoms with Gasteiger partial charge < -0.3 is 9.32 Å². The molecule has 1 aliphatic carbocycles. The quantitative estimate of drug-likeness (QED) is 0.843. The molecule has 1 saturated carbocycles. The van der Waals surface area contributed by atoms with Gasteiger partial charge in [-0.1, -0.05) is 13.8 Å². The van der Waals surface area contributed by atoms with Crippen molar-refractivity contribution in [3.63, 3.8) is 0 Å². The van der Waals surface area contributed by atoms with E-state index in [1.165, 1.54) is 6.39 Å². The number of aromatic nitrogens is 1. The highest BCUT2D eigenvalue weighted by atomic mass is 16.3. The van der Waals surface area contributed by atoms with Gasteiger partial charge in [-0.3, -0.25) is 9.69 Å². The van der Waals surface area contributed by atoms with Gasteiger partial charge in [-0.15, -0.1) is 0 Å². The second-order valence-electron chi connectivity index (χ2n) is 6.19. The molecule has 3 rings (SSSR count). The average molecular weight is 277 g/mol. The van der Waals surface area contributed by atoms with Crippen LogP contribution in [0.15, 0.2) is 10.8 Å². The van der Waals surface area contributed by atoms with E-state index in [0.717, 1.165) is 57.0 Å². The fraction of sp³-hybridized carbons (Fsp3) is 0.733. The molecule has 0 aromatic carbocycles. The van der Waals surface area contributed by atoms with Crippen molar-refractivity contribution in [1.82, 2.24) is 14.8 Å². The molecule has 1 aromatic rings. The lowest BCUT2D eigenvalue weighted by Gasteiger charge is -2.34. The van der Waals surface area contributed by atoms with E-state index in [4.69, 9.17) is 4.42 Å². The molecule has 1 aromatic heterocycles. The van der Waals surface area contributed by atoms with Crippen LogP contribution in [0.25, 0.3) is 0 Å². The molecular weight excluding hydrogens is 254 g/mol. The Morgan fingerprint density at radius 2 is 2.05 bits per heavy atom. The van der Waals surface area contributed by atoms with Crippen molar-refractivity contribution in [2.45, 2.75) is 39.2 Å². The summed E-state index contributed by atoms with van der Waals surface area (Å²) in [7, 11) is 0. The third-order valence-electron chi connectivity index (χ3n) is 4.18. The van der Waals surface area contributed by atoms with Gasteiger partial charge in [0.2, 0.25) is 5.91 Å². The third-order valence-corrected chi connectivity index (χ3v) is 4.18. The summed E-state index contributed by atoms with van der Waals surface area (Å²) >= 11 is 0. The Balaban J connectivity index is 1.53. The second kappa shape index (κ2) is 5.56. The molecule has 20 heavy (non-hydrogen) atoms. The monoisotopic (exact) mass is 277 g/mol. The Labute approximate surface area is 119 Å². The molecule has 1 aliphatic heterocycles. The van der Waals surface area contributed by atoms with Crippen LogP contribution < -0.4 is 0 Å². The molecule has 0 N–H and O–H groups in total. The molecule has 0 spiro atoms. The Hall–Kier alpha value is -1.36. The Morgan fingerprint density at radius 1 is 1.35 bits per heavy atom. The van der Waals surface area contributed by atoms with E-state index in [1.807, 2.05) is 4.90 Å². The molecule has 0 radical (unpaired) electrons. The van der Waals surface area contributed by atoms with Crippen molar-refractivity contribution in [2.75, 3.05) is 26.2 Å². The summed E-state index contributed by atoms with van der Waals surface area (Å²) in [6, 6.07) is 0. The molecule has 110 valence electrons. The summed E-state index contributed by atoms with van der Waals surface area (Å²) in [5.41, 5.74) is 1.04. The summed E-state index contributed by atoms with van der Waals surface area (Å²) in [6.45, 7) is 8.64. The van der Waals surface area contributed by atoms with Crippen molar-refractivity contribution in [3.8, 4) is 0 Å². The van der Waals surface area contributed by atoms with Gasteiger partial charge in [0.25, 0.3) is 0 Å². The highest BCUT2D eigenvalue weighted by Gasteiger charge is 2.34. The van der Waals surface area contributed by atoms with Gasteiger partial charge in [-0.25, -0.2) is 4.98 Å². The molecule has 1 saturated heterocycles. The van der Waals surface area contributed by atoms with Crippen LogP contribution in [-0.4, -0.2) is 46.9 Å². The molecular formula is C15H23N3O2. The van der Waals surface area contributed by atoms with E-state index in [2.05, 4.69) is 23.7 Å². The van der Waals surface area contributed by atoms with Gasteiger partial charge in [0.1, 0.15) is 5.76 Å². The normalized spacial score (nSPS) is 20.6. The Bertz CT molecular complexity index is 471. The Morgan fingerprint density at radius 3 is 2.65 bits per heavy atom. The van der Waals surface area contributed by atoms with Gasteiger partial charge in [-0.2, -0.15) is 0 Å². The highest BCUT2D eigenvalue weighted by molar-refractivity contribution is 5.81. The highest BCUT2D eigenvalue weighted by Crippen LogP contribution is 2.31. The first-order valence-corrected chi connectivity index (χ1v) is 7.58. The van der Waals surface area contributed by atoms with Crippen LogP contribution in [0.3, 0.4) is 0 Å². The molecule has 0 bridgehead atoms. The van der Waals surface area contributed by atoms with E-state index < -0.39 is 0 Å². The molecule has 5 heteroatoms. The lowest BCUT2D eigenvalue weighted by atomic mass is 10.1. The SMILES string of the molecule is CC(C)c1ocnc1CN1CCN(C(=O)C2CC2)CC1. The topological polar surface area (TPSA) is 49.6 Å². The van der Waals surface area contributed by atoms with Crippen molar-refractivity contribution < 1.29 is 9.21 Å². The van der Waals surface area contributed by atoms with Crippen LogP contribution in [0, 0.1) is 5.92 Å². The smallest absolute Gasteiger partial charge is 0.225 e. The number of amides is 1. The number of hydrogen-bond acceptors (Lipinski definition) is 4. The van der Waals surface area contributed by atoms with Gasteiger partial charge in [0.05, 0.1) is 5.69 Å². The number of nitrogens with zero attached hydrogens (tertiary/aromatic N) is 3. The van der Waals surface area contributed by atoms with Crippen LogP contribution in [0.2, 0.25) is 0 Å². The van der Waals surface area contributed by atoms with E-state index in [0.29, 0.717) is 17.7 Å². The molecule has 1 amide bonds. The maximum Gasteiger partial charge on any atom is 0.225 e. The van der Waals surface area contributed by atoms with Crippen molar-refractivity contribution in [1.29, 1.82) is 0 Å². The van der Waals surface area contributed by atoms with Gasteiger partial charge in [-0.05, 0) is 12.8 Å². The van der Waals surface area contributed by atoms with E-state index in [9.17, 15) is 4.79 Å². The van der Waals surface area contributed by atoms with Crippen LogP contribution >= 0.6 is 0 Å². The van der Waals surface area contributed by atoms with Crippen LogP contribution in [-0.2, 0) is 11.3 Å². The molecule has 2 aliphatic rings. The minimum absolute atomic E-state index is 0.338. The van der Waals surface area contributed by atoms with Crippen LogP contribution in [0.4, 0.5) is 0 Å². The number of hydrogen-bond donors (Lipinski definition) is 0. The number of carbonyl (C=O) groups excluding carboxylic acids is 1. The zero-order chi connectivity index (χ0) is 14.1. The maximum absolute atomic E-state index is 12.0. The van der Waals surface area contributed by atoms with Crippen molar-refractivity contribution >= 4 is 5.91 Å². The van der Waals surface area contributed by atoms with Crippen LogP contribution in [0.1, 0.15) is 44.1 Å². The number of rotatable bonds is 4. The van der Waals surface area contributed by atoms with Gasteiger partial charge in [0.15, 0.2) is 6.39 Å². The van der Waals surface area contributed by atoms with Gasteiger partial charge >= 0.3 is 0 Å². The molecule has 0 unspecified atom stereocenters. The zero-order valence-corrected chi connectivity index (χ0v) is 12.3. The minimum atomic E-state index is 0.338. The zero-order valence-electron chi connectivity index (χ0n) is 12.3. The lowest BCUT2D eigenvalue weighted by Crippen LogP contribution is -2.48. The largest absolute Gasteiger partial charge is 0.448 e.